The second-order valence-electron chi connectivity index (χ2n) is 9.16. The summed E-state index contributed by atoms with van der Waals surface area (Å²) in [4.78, 5) is 13.0. The van der Waals surface area contributed by atoms with E-state index in [1.165, 1.54) is 25.7 Å². The molecule has 2 atom stereocenters. The van der Waals surface area contributed by atoms with Gasteiger partial charge in [0.25, 0.3) is 0 Å². The van der Waals surface area contributed by atoms with E-state index in [9.17, 15) is 4.79 Å². The summed E-state index contributed by atoms with van der Waals surface area (Å²) >= 11 is 0. The highest BCUT2D eigenvalue weighted by Gasteiger charge is 2.23. The fourth-order valence-corrected chi connectivity index (χ4v) is 4.59. The van der Waals surface area contributed by atoms with E-state index in [4.69, 9.17) is 9.47 Å². The molecule has 1 aliphatic heterocycles. The Bertz CT molecular complexity index is 1100. The largest absolute Gasteiger partial charge is 0.486 e. The molecule has 5 heteroatoms. The van der Waals surface area contributed by atoms with E-state index in [2.05, 4.69) is 48.7 Å². The molecule has 0 bridgehead atoms. The number of amides is 2. The van der Waals surface area contributed by atoms with Gasteiger partial charge in [0.15, 0.2) is 11.5 Å². The van der Waals surface area contributed by atoms with E-state index in [0.717, 1.165) is 46.4 Å². The topological polar surface area (TPSA) is 59.6 Å². The Morgan fingerprint density at radius 1 is 0.882 bits per heavy atom. The Kier molecular flexibility index (Phi) is 8.29. The first-order chi connectivity index (χ1) is 16.6. The summed E-state index contributed by atoms with van der Waals surface area (Å²) in [6.07, 6.45) is 6.94. The quantitative estimate of drug-likeness (QED) is 0.313. The molecule has 0 saturated carbocycles. The van der Waals surface area contributed by atoms with Gasteiger partial charge in [-0.15, -0.1) is 0 Å². The van der Waals surface area contributed by atoms with Gasteiger partial charge in [0.1, 0.15) is 13.2 Å². The number of fused-ring (bicyclic) bond motifs is 2. The van der Waals surface area contributed by atoms with Crippen molar-refractivity contribution >= 4 is 22.5 Å². The molecule has 3 aromatic carbocycles. The predicted molar refractivity (Wildman–Crippen MR) is 139 cm³/mol. The predicted octanol–water partition coefficient (Wildman–Crippen LogP) is 7.27. The van der Waals surface area contributed by atoms with Crippen LogP contribution in [0.1, 0.15) is 63.9 Å². The Hall–Kier alpha value is -3.21. The fourth-order valence-electron chi connectivity index (χ4n) is 4.59. The molecule has 180 valence electrons. The molecular formula is C29H36N2O3. The first kappa shape index (κ1) is 23.9. The van der Waals surface area contributed by atoms with Crippen LogP contribution in [-0.4, -0.2) is 25.3 Å². The van der Waals surface area contributed by atoms with E-state index in [0.29, 0.717) is 13.2 Å². The SMILES string of the molecule is CCCCCCCC(NC(=O)Nc1ccc2ccccc2c1)C(C)c1ccc2c(c1)OCCO2. The number of unbranched alkanes of at least 4 members (excludes halogenated alkanes) is 4. The van der Waals surface area contributed by atoms with Crippen LogP contribution in [0.25, 0.3) is 10.8 Å². The molecule has 0 aliphatic carbocycles. The molecule has 2 unspecified atom stereocenters. The van der Waals surface area contributed by atoms with Gasteiger partial charge in [-0.2, -0.15) is 0 Å². The molecule has 0 fully saturated rings. The number of carbonyl (C=O) groups is 1. The highest BCUT2D eigenvalue weighted by Crippen LogP contribution is 2.34. The van der Waals surface area contributed by atoms with E-state index in [1.54, 1.807) is 0 Å². The lowest BCUT2D eigenvalue weighted by Gasteiger charge is -2.27. The van der Waals surface area contributed by atoms with Gasteiger partial charge in [0.2, 0.25) is 0 Å². The van der Waals surface area contributed by atoms with Crippen molar-refractivity contribution in [3.8, 4) is 11.5 Å². The monoisotopic (exact) mass is 460 g/mol. The lowest BCUT2D eigenvalue weighted by atomic mass is 9.89. The summed E-state index contributed by atoms with van der Waals surface area (Å²) in [5.41, 5.74) is 1.94. The highest BCUT2D eigenvalue weighted by atomic mass is 16.6. The van der Waals surface area contributed by atoms with Gasteiger partial charge < -0.3 is 20.1 Å². The molecular weight excluding hydrogens is 424 g/mol. The molecule has 3 aromatic rings. The summed E-state index contributed by atoms with van der Waals surface area (Å²) in [7, 11) is 0. The number of hydrogen-bond acceptors (Lipinski definition) is 3. The second-order valence-corrected chi connectivity index (χ2v) is 9.16. The van der Waals surface area contributed by atoms with Gasteiger partial charge in [0.05, 0.1) is 0 Å². The normalized spacial score (nSPS) is 14.4. The first-order valence-corrected chi connectivity index (χ1v) is 12.6. The molecule has 0 aromatic heterocycles. The Balaban J connectivity index is 1.44. The molecule has 0 spiro atoms. The smallest absolute Gasteiger partial charge is 0.319 e. The van der Waals surface area contributed by atoms with Crippen LogP contribution in [0.15, 0.2) is 60.7 Å². The minimum absolute atomic E-state index is 0.0182. The molecule has 0 saturated heterocycles. The summed E-state index contributed by atoms with van der Waals surface area (Å²) in [5.74, 6) is 1.72. The molecule has 5 nitrogen and oxygen atoms in total. The zero-order chi connectivity index (χ0) is 23.8. The van der Waals surface area contributed by atoms with E-state index < -0.39 is 0 Å². The molecule has 4 rings (SSSR count). The summed E-state index contributed by atoms with van der Waals surface area (Å²) in [6.45, 7) is 5.56. The number of benzene rings is 3. The molecule has 1 aliphatic rings. The van der Waals surface area contributed by atoms with E-state index in [-0.39, 0.29) is 18.0 Å². The zero-order valence-corrected chi connectivity index (χ0v) is 20.3. The first-order valence-electron chi connectivity index (χ1n) is 12.6. The van der Waals surface area contributed by atoms with Crippen LogP contribution in [0.3, 0.4) is 0 Å². The van der Waals surface area contributed by atoms with Gasteiger partial charge in [-0.1, -0.05) is 82.3 Å². The van der Waals surface area contributed by atoms with Crippen molar-refractivity contribution in [1.29, 1.82) is 0 Å². The number of anilines is 1. The molecule has 2 amide bonds. The van der Waals surface area contributed by atoms with Crippen LogP contribution >= 0.6 is 0 Å². The number of nitrogens with one attached hydrogen (secondary N) is 2. The number of hydrogen-bond donors (Lipinski definition) is 2. The fraction of sp³-hybridized carbons (Fsp3) is 0.414. The van der Waals surface area contributed by atoms with Crippen LogP contribution in [0.2, 0.25) is 0 Å². The van der Waals surface area contributed by atoms with Gasteiger partial charge in [-0.25, -0.2) is 4.79 Å². The summed E-state index contributed by atoms with van der Waals surface area (Å²) in [5, 5.41) is 8.56. The minimum Gasteiger partial charge on any atom is -0.486 e. The lowest BCUT2D eigenvalue weighted by Crippen LogP contribution is -2.41. The molecule has 1 heterocycles. The maximum absolute atomic E-state index is 13.0. The average Bonchev–Trinajstić information content (AvgIpc) is 2.87. The number of ether oxygens (including phenoxy) is 2. The van der Waals surface area contributed by atoms with Crippen LogP contribution in [0.5, 0.6) is 11.5 Å². The van der Waals surface area contributed by atoms with Crippen molar-refractivity contribution < 1.29 is 14.3 Å². The summed E-state index contributed by atoms with van der Waals surface area (Å²) in [6, 6.07) is 20.1. The number of urea groups is 1. The van der Waals surface area contributed by atoms with Gasteiger partial charge in [0, 0.05) is 17.6 Å². The third kappa shape index (κ3) is 6.22. The van der Waals surface area contributed by atoms with Gasteiger partial charge >= 0.3 is 6.03 Å². The van der Waals surface area contributed by atoms with Crippen molar-refractivity contribution in [2.24, 2.45) is 0 Å². The summed E-state index contributed by atoms with van der Waals surface area (Å²) < 4.78 is 11.5. The van der Waals surface area contributed by atoms with Crippen molar-refractivity contribution in [3.05, 3.63) is 66.2 Å². The maximum Gasteiger partial charge on any atom is 0.319 e. The van der Waals surface area contributed by atoms with Crippen LogP contribution < -0.4 is 20.1 Å². The average molecular weight is 461 g/mol. The van der Waals surface area contributed by atoms with Gasteiger partial charge in [-0.05, 0) is 47.0 Å². The number of rotatable bonds is 10. The maximum atomic E-state index is 13.0. The lowest BCUT2D eigenvalue weighted by molar-refractivity contribution is 0.171. The van der Waals surface area contributed by atoms with Gasteiger partial charge in [-0.3, -0.25) is 0 Å². The van der Waals surface area contributed by atoms with Crippen molar-refractivity contribution in [2.45, 2.75) is 64.3 Å². The zero-order valence-electron chi connectivity index (χ0n) is 20.3. The third-order valence-electron chi connectivity index (χ3n) is 6.64. The second kappa shape index (κ2) is 11.8. The van der Waals surface area contributed by atoms with Crippen molar-refractivity contribution in [1.82, 2.24) is 5.32 Å². The third-order valence-corrected chi connectivity index (χ3v) is 6.64. The van der Waals surface area contributed by atoms with Crippen molar-refractivity contribution in [2.75, 3.05) is 18.5 Å². The van der Waals surface area contributed by atoms with E-state index >= 15 is 0 Å². The Morgan fingerprint density at radius 2 is 1.65 bits per heavy atom. The molecule has 0 radical (unpaired) electrons. The molecule has 2 N–H and O–H groups in total. The highest BCUT2D eigenvalue weighted by molar-refractivity contribution is 5.93. The Morgan fingerprint density at radius 3 is 2.47 bits per heavy atom. The van der Waals surface area contributed by atoms with Crippen LogP contribution in [-0.2, 0) is 0 Å². The van der Waals surface area contributed by atoms with Crippen LogP contribution in [0.4, 0.5) is 10.5 Å². The standard InChI is InChI=1S/C29H36N2O3/c1-3-4-5-6-7-12-26(21(2)23-14-16-27-28(20-23)34-18-17-33-27)31-29(32)30-25-15-13-22-10-8-9-11-24(22)19-25/h8-11,13-16,19-21,26H,3-7,12,17-18H2,1-2H3,(H2,30,31,32). The van der Waals surface area contributed by atoms with E-state index in [1.807, 2.05) is 36.4 Å². The van der Waals surface area contributed by atoms with Crippen molar-refractivity contribution in [3.63, 3.8) is 0 Å². The number of carbonyl (C=O) groups excluding carboxylic acids is 1. The molecule has 34 heavy (non-hydrogen) atoms. The minimum atomic E-state index is -0.168. The van der Waals surface area contributed by atoms with Crippen LogP contribution in [0, 0.1) is 0 Å². The Labute approximate surface area is 202 Å².